The topological polar surface area (TPSA) is 77.6 Å². The number of nitrogens with zero attached hydrogens (tertiary/aromatic N) is 5. The molecule has 0 radical (unpaired) electrons. The monoisotopic (exact) mass is 251 g/mol. The summed E-state index contributed by atoms with van der Waals surface area (Å²) in [6.45, 7) is 0. The van der Waals surface area contributed by atoms with Crippen LogP contribution in [-0.4, -0.2) is 24.9 Å². The molecule has 0 spiro atoms. The number of benzene rings is 1. The quantitative estimate of drug-likeness (QED) is 0.477. The second kappa shape index (κ2) is 5.18. The summed E-state index contributed by atoms with van der Waals surface area (Å²) in [6, 6.07) is 7.67. The van der Waals surface area contributed by atoms with Crippen LogP contribution < -0.4 is 0 Å². The van der Waals surface area contributed by atoms with E-state index in [1.54, 1.807) is 18.6 Å². The van der Waals surface area contributed by atoms with Gasteiger partial charge in [-0.3, -0.25) is 0 Å². The standard InChI is InChI=1S/C7H5NO.C6H4N4/c1-2-4-7-6(3-1)8-5-9-7;1-2-9-6-5(8-1)3-7-4-10-6/h1-5H;1-4H. The van der Waals surface area contributed by atoms with Gasteiger partial charge >= 0.3 is 0 Å². The van der Waals surface area contributed by atoms with Crippen LogP contribution in [0.2, 0.25) is 0 Å². The molecule has 0 aliphatic rings. The molecule has 0 fully saturated rings. The third kappa shape index (κ3) is 2.52. The number of rotatable bonds is 0. The van der Waals surface area contributed by atoms with Crippen molar-refractivity contribution in [3.63, 3.8) is 0 Å². The van der Waals surface area contributed by atoms with E-state index in [9.17, 15) is 0 Å². The van der Waals surface area contributed by atoms with E-state index in [4.69, 9.17) is 4.42 Å². The average molecular weight is 251 g/mol. The van der Waals surface area contributed by atoms with Crippen molar-refractivity contribution in [2.75, 3.05) is 0 Å². The molecule has 0 amide bonds. The van der Waals surface area contributed by atoms with Crippen molar-refractivity contribution in [1.82, 2.24) is 24.9 Å². The molecule has 0 saturated carbocycles. The van der Waals surface area contributed by atoms with Gasteiger partial charge in [0.2, 0.25) is 0 Å². The highest BCUT2D eigenvalue weighted by atomic mass is 16.3. The maximum atomic E-state index is 5.01. The second-order valence-corrected chi connectivity index (χ2v) is 3.61. The van der Waals surface area contributed by atoms with Gasteiger partial charge in [0.15, 0.2) is 17.6 Å². The minimum Gasteiger partial charge on any atom is -0.443 e. The maximum absolute atomic E-state index is 5.01. The Balaban J connectivity index is 0.000000117. The lowest BCUT2D eigenvalue weighted by Crippen LogP contribution is -1.85. The van der Waals surface area contributed by atoms with E-state index in [1.807, 2.05) is 24.3 Å². The molecule has 0 bridgehead atoms. The highest BCUT2D eigenvalue weighted by Crippen LogP contribution is 2.09. The van der Waals surface area contributed by atoms with Gasteiger partial charge in [0.25, 0.3) is 0 Å². The van der Waals surface area contributed by atoms with Crippen molar-refractivity contribution in [3.8, 4) is 0 Å². The third-order valence-electron chi connectivity index (χ3n) is 2.39. The van der Waals surface area contributed by atoms with Crippen LogP contribution >= 0.6 is 0 Å². The van der Waals surface area contributed by atoms with Gasteiger partial charge in [-0.2, -0.15) is 0 Å². The Morgan fingerprint density at radius 2 is 1.74 bits per heavy atom. The molecule has 0 aliphatic carbocycles. The molecule has 3 aromatic heterocycles. The van der Waals surface area contributed by atoms with Crippen LogP contribution in [0.25, 0.3) is 22.3 Å². The van der Waals surface area contributed by atoms with Crippen molar-refractivity contribution in [2.45, 2.75) is 0 Å². The first kappa shape index (κ1) is 11.2. The summed E-state index contributed by atoms with van der Waals surface area (Å²) < 4.78 is 5.01. The smallest absolute Gasteiger partial charge is 0.181 e. The number of aromatic nitrogens is 5. The fourth-order valence-electron chi connectivity index (χ4n) is 1.53. The Morgan fingerprint density at radius 1 is 0.842 bits per heavy atom. The number of fused-ring (bicyclic) bond motifs is 2. The lowest BCUT2D eigenvalue weighted by Gasteiger charge is -1.89. The Kier molecular flexibility index (Phi) is 3.05. The van der Waals surface area contributed by atoms with Crippen LogP contribution in [0.15, 0.2) is 60.0 Å². The molecule has 0 aliphatic heterocycles. The largest absolute Gasteiger partial charge is 0.443 e. The first-order valence-corrected chi connectivity index (χ1v) is 5.58. The zero-order valence-electron chi connectivity index (χ0n) is 9.84. The minimum atomic E-state index is 0.637. The van der Waals surface area contributed by atoms with Crippen LogP contribution in [0.3, 0.4) is 0 Å². The van der Waals surface area contributed by atoms with Gasteiger partial charge in [0.05, 0.1) is 6.20 Å². The van der Waals surface area contributed by atoms with E-state index in [0.29, 0.717) is 5.65 Å². The predicted octanol–water partition coefficient (Wildman–Crippen LogP) is 2.25. The summed E-state index contributed by atoms with van der Waals surface area (Å²) in [4.78, 5) is 19.6. The van der Waals surface area contributed by atoms with Gasteiger partial charge in [-0.05, 0) is 12.1 Å². The van der Waals surface area contributed by atoms with Gasteiger partial charge in [-0.15, -0.1) is 0 Å². The van der Waals surface area contributed by atoms with Crippen LogP contribution in [0.4, 0.5) is 0 Å². The summed E-state index contributed by atoms with van der Waals surface area (Å²) >= 11 is 0. The van der Waals surface area contributed by atoms with Crippen molar-refractivity contribution in [2.24, 2.45) is 0 Å². The molecule has 6 nitrogen and oxygen atoms in total. The van der Waals surface area contributed by atoms with Crippen molar-refractivity contribution >= 4 is 22.3 Å². The van der Waals surface area contributed by atoms with E-state index in [0.717, 1.165) is 16.6 Å². The molecule has 0 atom stereocenters. The fraction of sp³-hybridized carbons (Fsp3) is 0. The van der Waals surface area contributed by atoms with E-state index in [2.05, 4.69) is 24.9 Å². The fourth-order valence-corrected chi connectivity index (χ4v) is 1.53. The van der Waals surface area contributed by atoms with E-state index >= 15 is 0 Å². The van der Waals surface area contributed by atoms with Gasteiger partial charge in [0.1, 0.15) is 17.4 Å². The first-order valence-electron chi connectivity index (χ1n) is 5.58. The van der Waals surface area contributed by atoms with E-state index in [-0.39, 0.29) is 0 Å². The molecule has 92 valence electrons. The molecule has 1 aromatic carbocycles. The lowest BCUT2D eigenvalue weighted by molar-refractivity contribution is 0.602. The van der Waals surface area contributed by atoms with Crippen molar-refractivity contribution in [1.29, 1.82) is 0 Å². The van der Waals surface area contributed by atoms with Crippen molar-refractivity contribution in [3.05, 3.63) is 55.6 Å². The van der Waals surface area contributed by atoms with Crippen LogP contribution in [0.1, 0.15) is 0 Å². The Hall–Kier alpha value is -2.89. The number of hydrogen-bond acceptors (Lipinski definition) is 6. The molecular weight excluding hydrogens is 242 g/mol. The lowest BCUT2D eigenvalue weighted by atomic mass is 10.3. The number of para-hydroxylation sites is 2. The Labute approximate surface area is 108 Å². The molecule has 0 unspecified atom stereocenters. The predicted molar refractivity (Wildman–Crippen MR) is 69.1 cm³/mol. The van der Waals surface area contributed by atoms with Gasteiger partial charge in [0, 0.05) is 12.4 Å². The maximum Gasteiger partial charge on any atom is 0.181 e. The summed E-state index contributed by atoms with van der Waals surface area (Å²) in [5.74, 6) is 0. The SMILES string of the molecule is c1ccc2ocnc2c1.c1cnc2ncncc2n1. The number of hydrogen-bond donors (Lipinski definition) is 0. The average Bonchev–Trinajstić information content (AvgIpc) is 2.96. The molecule has 19 heavy (non-hydrogen) atoms. The van der Waals surface area contributed by atoms with Gasteiger partial charge in [-0.25, -0.2) is 24.9 Å². The van der Waals surface area contributed by atoms with Gasteiger partial charge < -0.3 is 4.42 Å². The first-order chi connectivity index (χ1) is 9.43. The summed E-state index contributed by atoms with van der Waals surface area (Å²) in [6.07, 6.45) is 7.76. The van der Waals surface area contributed by atoms with E-state index < -0.39 is 0 Å². The van der Waals surface area contributed by atoms with Crippen LogP contribution in [0, 0.1) is 0 Å². The molecule has 4 rings (SSSR count). The van der Waals surface area contributed by atoms with E-state index in [1.165, 1.54) is 12.7 Å². The third-order valence-corrected chi connectivity index (χ3v) is 2.39. The zero-order chi connectivity index (χ0) is 12.9. The molecular formula is C13H9N5O. The van der Waals surface area contributed by atoms with Gasteiger partial charge in [-0.1, -0.05) is 12.1 Å². The zero-order valence-corrected chi connectivity index (χ0v) is 9.84. The summed E-state index contributed by atoms with van der Waals surface area (Å²) in [7, 11) is 0. The normalized spacial score (nSPS) is 10.1. The Morgan fingerprint density at radius 3 is 2.63 bits per heavy atom. The highest BCUT2D eigenvalue weighted by molar-refractivity contribution is 5.71. The number of oxazole rings is 1. The second-order valence-electron chi connectivity index (χ2n) is 3.61. The molecule has 6 heteroatoms. The molecule has 4 aromatic rings. The molecule has 0 saturated heterocycles. The Bertz CT molecular complexity index is 703. The minimum absolute atomic E-state index is 0.637. The van der Waals surface area contributed by atoms with Crippen LogP contribution in [-0.2, 0) is 0 Å². The highest BCUT2D eigenvalue weighted by Gasteiger charge is 1.91. The van der Waals surface area contributed by atoms with Crippen LogP contribution in [0.5, 0.6) is 0 Å². The summed E-state index contributed by atoms with van der Waals surface area (Å²) in [5.41, 5.74) is 3.12. The molecule has 0 N–H and O–H groups in total. The molecule has 3 heterocycles. The van der Waals surface area contributed by atoms with Crippen molar-refractivity contribution < 1.29 is 4.42 Å². The summed E-state index contributed by atoms with van der Waals surface area (Å²) in [5, 5.41) is 0.